The zero-order valence-electron chi connectivity index (χ0n) is 31.1. The van der Waals surface area contributed by atoms with Crippen LogP contribution in [0.25, 0.3) is 0 Å². The summed E-state index contributed by atoms with van der Waals surface area (Å²) in [5.41, 5.74) is 0.750. The number of hydrogen-bond acceptors (Lipinski definition) is 15. The van der Waals surface area contributed by atoms with E-state index in [0.29, 0.717) is 19.1 Å². The number of alkyl halides is 1. The van der Waals surface area contributed by atoms with E-state index in [0.717, 1.165) is 5.57 Å². The summed E-state index contributed by atoms with van der Waals surface area (Å²) in [5, 5.41) is 0. The molecule has 0 saturated carbocycles. The van der Waals surface area contributed by atoms with Crippen LogP contribution < -0.4 is 0 Å². The number of ether oxygens (including phenoxy) is 15. The highest BCUT2D eigenvalue weighted by molar-refractivity contribution is 6.19. The molecule has 0 aliphatic carbocycles. The van der Waals surface area contributed by atoms with Gasteiger partial charge in [-0.2, -0.15) is 0 Å². The summed E-state index contributed by atoms with van der Waals surface area (Å²) in [4.78, 5) is 0. The second-order valence-electron chi connectivity index (χ2n) is 15.5. The number of fused-ring (bicyclic) bond motifs is 6. The Balaban J connectivity index is 0.935. The van der Waals surface area contributed by atoms with Crippen LogP contribution in [0.4, 0.5) is 0 Å². The third kappa shape index (κ3) is 10.2. The Hall–Kier alpha value is -0.570. The Morgan fingerprint density at radius 2 is 1.02 bits per heavy atom. The molecule has 0 bridgehead atoms. The fraction of sp³-hybridized carbons (Fsp3) is 0.943. The standard InChI is InChI=1S/C35H57ClO15/c1-20(14-36)15-41-21(16-37-10-12-39-30-28-26(48-34(6,7)50-28)24-22(44-30)18-42-32(2,3)46-24)17-38-11-13-40-31-29-27(49-35(8,9)51-29)25-23(45-31)19-43-33(4,5)47-25/h21-31H,1,10-19H2,2-9H3/t22-,23-,24-,25-,26+,27+,28+,29+,30+,31+/m1/s1. The van der Waals surface area contributed by atoms with E-state index in [1.54, 1.807) is 0 Å². The Labute approximate surface area is 305 Å². The molecule has 10 atom stereocenters. The quantitative estimate of drug-likeness (QED) is 0.130. The first kappa shape index (κ1) is 40.1. The van der Waals surface area contributed by atoms with Crippen molar-refractivity contribution < 1.29 is 71.1 Å². The minimum absolute atomic E-state index is 0.250. The highest BCUT2D eigenvalue weighted by atomic mass is 35.5. The van der Waals surface area contributed by atoms with Crippen LogP contribution in [-0.2, 0) is 71.1 Å². The minimum atomic E-state index is -0.804. The summed E-state index contributed by atoms with van der Waals surface area (Å²) in [6.45, 7) is 21.5. The lowest BCUT2D eigenvalue weighted by Gasteiger charge is -2.48. The van der Waals surface area contributed by atoms with Gasteiger partial charge in [0.05, 0.1) is 59.5 Å². The number of halogens is 1. The molecule has 0 unspecified atom stereocenters. The van der Waals surface area contributed by atoms with E-state index in [1.807, 2.05) is 55.4 Å². The predicted molar refractivity (Wildman–Crippen MR) is 178 cm³/mol. The molecule has 0 amide bonds. The lowest BCUT2D eigenvalue weighted by Crippen LogP contribution is -2.64. The van der Waals surface area contributed by atoms with Crippen LogP contribution in [0.2, 0.25) is 0 Å². The summed E-state index contributed by atoms with van der Waals surface area (Å²) >= 11 is 5.93. The molecule has 0 aromatic carbocycles. The van der Waals surface area contributed by atoms with E-state index >= 15 is 0 Å². The van der Waals surface area contributed by atoms with Gasteiger partial charge in [0, 0.05) is 5.88 Å². The molecule has 0 spiro atoms. The molecule has 6 saturated heterocycles. The van der Waals surface area contributed by atoms with Gasteiger partial charge in [-0.3, -0.25) is 0 Å². The molecule has 0 radical (unpaired) electrons. The fourth-order valence-electron chi connectivity index (χ4n) is 7.05. The van der Waals surface area contributed by atoms with Crippen LogP contribution in [0.15, 0.2) is 12.2 Å². The molecule has 0 N–H and O–H groups in total. The number of rotatable bonds is 16. The van der Waals surface area contributed by atoms with Crippen molar-refractivity contribution in [3.63, 3.8) is 0 Å². The van der Waals surface area contributed by atoms with E-state index in [9.17, 15) is 0 Å². The van der Waals surface area contributed by atoms with E-state index in [-0.39, 0.29) is 82.9 Å². The summed E-state index contributed by atoms with van der Waals surface area (Å²) in [6, 6.07) is 0. The summed E-state index contributed by atoms with van der Waals surface area (Å²) in [5.74, 6) is -2.81. The second-order valence-corrected chi connectivity index (χ2v) is 15.8. The van der Waals surface area contributed by atoms with Crippen molar-refractivity contribution in [2.24, 2.45) is 0 Å². The van der Waals surface area contributed by atoms with Crippen LogP contribution in [-0.4, -0.2) is 156 Å². The van der Waals surface area contributed by atoms with Crippen LogP contribution in [0.5, 0.6) is 0 Å². The Morgan fingerprint density at radius 3 is 1.45 bits per heavy atom. The molecule has 6 aliphatic heterocycles. The van der Waals surface area contributed by atoms with Crippen molar-refractivity contribution in [3.05, 3.63) is 12.2 Å². The van der Waals surface area contributed by atoms with Crippen LogP contribution in [0.3, 0.4) is 0 Å². The summed E-state index contributed by atoms with van der Waals surface area (Å²) in [6.07, 6.45) is -4.79. The van der Waals surface area contributed by atoms with Crippen molar-refractivity contribution in [2.45, 2.75) is 146 Å². The molecule has 16 heteroatoms. The summed E-state index contributed by atoms with van der Waals surface area (Å²) in [7, 11) is 0. The first-order valence-corrected chi connectivity index (χ1v) is 18.5. The summed E-state index contributed by atoms with van der Waals surface area (Å²) < 4.78 is 91.4. The molecule has 0 aromatic heterocycles. The highest BCUT2D eigenvalue weighted by Crippen LogP contribution is 2.43. The van der Waals surface area contributed by atoms with Gasteiger partial charge in [-0.05, 0) is 61.0 Å². The van der Waals surface area contributed by atoms with Gasteiger partial charge in [-0.15, -0.1) is 11.6 Å². The molecule has 6 rings (SSSR count). The first-order valence-electron chi connectivity index (χ1n) is 17.9. The predicted octanol–water partition coefficient (Wildman–Crippen LogP) is 3.03. The van der Waals surface area contributed by atoms with Crippen molar-refractivity contribution in [2.75, 3.05) is 65.3 Å². The van der Waals surface area contributed by atoms with Gasteiger partial charge in [-0.1, -0.05) is 6.58 Å². The smallest absolute Gasteiger partial charge is 0.187 e. The zero-order valence-corrected chi connectivity index (χ0v) is 31.9. The van der Waals surface area contributed by atoms with E-state index in [1.165, 1.54) is 0 Å². The molecule has 51 heavy (non-hydrogen) atoms. The van der Waals surface area contributed by atoms with Gasteiger partial charge in [0.2, 0.25) is 0 Å². The van der Waals surface area contributed by atoms with Crippen molar-refractivity contribution >= 4 is 11.6 Å². The molecular weight excluding hydrogens is 696 g/mol. The van der Waals surface area contributed by atoms with Crippen molar-refractivity contribution in [1.82, 2.24) is 0 Å². The highest BCUT2D eigenvalue weighted by Gasteiger charge is 2.60. The molecule has 15 nitrogen and oxygen atoms in total. The van der Waals surface area contributed by atoms with Crippen molar-refractivity contribution in [3.8, 4) is 0 Å². The van der Waals surface area contributed by atoms with Crippen molar-refractivity contribution in [1.29, 1.82) is 0 Å². The van der Waals surface area contributed by atoms with Gasteiger partial charge in [0.25, 0.3) is 0 Å². The largest absolute Gasteiger partial charge is 0.376 e. The molecular formula is C35H57ClO15. The maximum atomic E-state index is 6.24. The fourth-order valence-corrected chi connectivity index (χ4v) is 7.12. The van der Waals surface area contributed by atoms with Crippen LogP contribution >= 0.6 is 11.6 Å². The van der Waals surface area contributed by atoms with E-state index < -0.39 is 54.0 Å². The molecule has 6 fully saturated rings. The normalized spacial score (nSPS) is 39.4. The SMILES string of the molecule is C=C(CCl)COC(COCCO[C@H]1O[C@@H]2COC(C)(C)O[C@H]2[C@@H]2OC(C)(C)O[C@H]12)COCCO[C@H]1O[C@@H]2COC(C)(C)O[C@H]2[C@@H]2OC(C)(C)O[C@H]12. The lowest BCUT2D eigenvalue weighted by atomic mass is 9.97. The minimum Gasteiger partial charge on any atom is -0.376 e. The Kier molecular flexibility index (Phi) is 12.8. The monoisotopic (exact) mass is 752 g/mol. The van der Waals surface area contributed by atoms with Crippen LogP contribution in [0, 0.1) is 0 Å². The van der Waals surface area contributed by atoms with Gasteiger partial charge in [-0.25, -0.2) is 0 Å². The van der Waals surface area contributed by atoms with Crippen LogP contribution in [0.1, 0.15) is 55.4 Å². The van der Waals surface area contributed by atoms with Gasteiger partial charge >= 0.3 is 0 Å². The van der Waals surface area contributed by atoms with Gasteiger partial charge in [0.15, 0.2) is 35.7 Å². The Morgan fingerprint density at radius 1 is 0.608 bits per heavy atom. The zero-order chi connectivity index (χ0) is 36.6. The van der Waals surface area contributed by atoms with Gasteiger partial charge in [0.1, 0.15) is 54.9 Å². The molecule has 6 heterocycles. The van der Waals surface area contributed by atoms with E-state index in [4.69, 9.17) is 82.7 Å². The van der Waals surface area contributed by atoms with Gasteiger partial charge < -0.3 is 71.1 Å². The third-order valence-electron chi connectivity index (χ3n) is 9.23. The Bertz CT molecular complexity index is 1090. The van der Waals surface area contributed by atoms with E-state index in [2.05, 4.69) is 6.58 Å². The third-order valence-corrected chi connectivity index (χ3v) is 9.61. The maximum absolute atomic E-state index is 6.24. The molecule has 6 aliphatic rings. The number of hydrogen-bond donors (Lipinski definition) is 0. The average molecular weight is 753 g/mol. The molecule has 294 valence electrons. The topological polar surface area (TPSA) is 138 Å². The average Bonchev–Trinajstić information content (AvgIpc) is 3.57. The lowest BCUT2D eigenvalue weighted by molar-refractivity contribution is -0.370. The maximum Gasteiger partial charge on any atom is 0.187 e. The first-order chi connectivity index (χ1) is 24.0. The second kappa shape index (κ2) is 16.3. The molecule has 0 aromatic rings.